The zero-order valence-corrected chi connectivity index (χ0v) is 10.9. The van der Waals surface area contributed by atoms with E-state index in [1.165, 1.54) is 0 Å². The number of benzene rings is 1. The van der Waals surface area contributed by atoms with Crippen LogP contribution in [0.4, 0.5) is 4.39 Å². The topological polar surface area (TPSA) is 9.23 Å². The lowest BCUT2D eigenvalue weighted by atomic mass is 10.2. The van der Waals surface area contributed by atoms with E-state index in [4.69, 9.17) is 4.74 Å². The lowest BCUT2D eigenvalue weighted by Gasteiger charge is -2.12. The van der Waals surface area contributed by atoms with E-state index >= 15 is 0 Å². The first kappa shape index (κ1) is 12.0. The highest BCUT2D eigenvalue weighted by Crippen LogP contribution is 2.40. The number of ether oxygens (including phenoxy) is 1. The Morgan fingerprint density at radius 1 is 1.43 bits per heavy atom. The second-order valence-electron chi connectivity index (χ2n) is 2.87. The van der Waals surface area contributed by atoms with Crippen molar-refractivity contribution in [2.24, 2.45) is 0 Å². The van der Waals surface area contributed by atoms with E-state index in [-0.39, 0.29) is 0 Å². The van der Waals surface area contributed by atoms with Gasteiger partial charge in [0.15, 0.2) is 0 Å². The number of halogens is 3. The average molecular weight is 326 g/mol. The second-order valence-corrected chi connectivity index (χ2v) is 6.12. The standard InChI is InChI=1S/C10H11Br2FO/c1-2-6-14-9-5-3-4-8(7-9)10(11,12)13/h3-5,7H,2,6H2,1H3. The monoisotopic (exact) mass is 324 g/mol. The molecular formula is C10H11Br2FO. The molecule has 0 aliphatic rings. The van der Waals surface area contributed by atoms with Gasteiger partial charge in [-0.05, 0) is 50.4 Å². The van der Waals surface area contributed by atoms with Crippen molar-refractivity contribution in [1.29, 1.82) is 0 Å². The van der Waals surface area contributed by atoms with Crippen molar-refractivity contribution in [1.82, 2.24) is 0 Å². The molecule has 14 heavy (non-hydrogen) atoms. The molecule has 1 aromatic rings. The van der Waals surface area contributed by atoms with Crippen molar-refractivity contribution in [3.8, 4) is 5.75 Å². The molecule has 0 atom stereocenters. The predicted octanol–water partition coefficient (Wildman–Crippen LogP) is 4.35. The van der Waals surface area contributed by atoms with Crippen LogP contribution in [-0.2, 0) is 3.49 Å². The smallest absolute Gasteiger partial charge is 0.244 e. The van der Waals surface area contributed by atoms with Gasteiger partial charge in [-0.3, -0.25) is 0 Å². The van der Waals surface area contributed by atoms with E-state index in [2.05, 4.69) is 31.9 Å². The van der Waals surface area contributed by atoms with Gasteiger partial charge >= 0.3 is 0 Å². The van der Waals surface area contributed by atoms with Gasteiger partial charge in [-0.2, -0.15) is 0 Å². The molecule has 0 aliphatic heterocycles. The van der Waals surface area contributed by atoms with Crippen LogP contribution >= 0.6 is 31.9 Å². The maximum atomic E-state index is 13.4. The third kappa shape index (κ3) is 3.58. The van der Waals surface area contributed by atoms with Gasteiger partial charge in [0.2, 0.25) is 3.49 Å². The summed E-state index contributed by atoms with van der Waals surface area (Å²) in [4.78, 5) is 0. The van der Waals surface area contributed by atoms with E-state index in [1.54, 1.807) is 18.2 Å². The Kier molecular flexibility index (Phi) is 4.38. The van der Waals surface area contributed by atoms with Crippen LogP contribution in [0.1, 0.15) is 18.9 Å². The highest BCUT2D eigenvalue weighted by Gasteiger charge is 2.23. The molecule has 1 nitrogen and oxygen atoms in total. The number of rotatable bonds is 4. The maximum Gasteiger partial charge on any atom is 0.244 e. The minimum atomic E-state index is -1.68. The van der Waals surface area contributed by atoms with Crippen LogP contribution in [0.15, 0.2) is 24.3 Å². The van der Waals surface area contributed by atoms with E-state index in [0.29, 0.717) is 17.9 Å². The summed E-state index contributed by atoms with van der Waals surface area (Å²) in [6, 6.07) is 6.92. The molecule has 0 saturated carbocycles. The Morgan fingerprint density at radius 3 is 2.71 bits per heavy atom. The molecule has 0 aliphatic carbocycles. The summed E-state index contributed by atoms with van der Waals surface area (Å²) >= 11 is 5.77. The summed E-state index contributed by atoms with van der Waals surface area (Å²) in [6.45, 7) is 2.67. The molecule has 0 saturated heterocycles. The minimum Gasteiger partial charge on any atom is -0.494 e. The molecule has 0 bridgehead atoms. The second kappa shape index (κ2) is 5.12. The molecule has 0 heterocycles. The van der Waals surface area contributed by atoms with Crippen LogP contribution in [0.3, 0.4) is 0 Å². The Morgan fingerprint density at radius 2 is 2.14 bits per heavy atom. The van der Waals surface area contributed by atoms with Gasteiger partial charge in [0.05, 0.1) is 6.61 Å². The number of alkyl halides is 3. The fourth-order valence-electron chi connectivity index (χ4n) is 0.982. The molecule has 0 amide bonds. The van der Waals surface area contributed by atoms with Gasteiger partial charge in [-0.1, -0.05) is 19.1 Å². The molecular weight excluding hydrogens is 315 g/mol. The quantitative estimate of drug-likeness (QED) is 0.748. The Balaban J connectivity index is 2.79. The maximum absolute atomic E-state index is 13.4. The fraction of sp³-hybridized carbons (Fsp3) is 0.400. The van der Waals surface area contributed by atoms with Gasteiger partial charge in [0.25, 0.3) is 0 Å². The van der Waals surface area contributed by atoms with Gasteiger partial charge in [0.1, 0.15) is 5.75 Å². The van der Waals surface area contributed by atoms with Crippen LogP contribution in [0.25, 0.3) is 0 Å². The molecule has 1 rings (SSSR count). The van der Waals surface area contributed by atoms with Crippen LogP contribution in [0.5, 0.6) is 5.75 Å². The van der Waals surface area contributed by atoms with E-state index in [0.717, 1.165) is 6.42 Å². The fourth-order valence-corrected chi connectivity index (χ4v) is 1.48. The highest BCUT2D eigenvalue weighted by atomic mass is 79.9. The van der Waals surface area contributed by atoms with Crippen LogP contribution in [0.2, 0.25) is 0 Å². The first-order valence-electron chi connectivity index (χ1n) is 4.34. The Hall–Kier alpha value is -0.0900. The van der Waals surface area contributed by atoms with Crippen molar-refractivity contribution in [3.63, 3.8) is 0 Å². The van der Waals surface area contributed by atoms with E-state index in [1.807, 2.05) is 13.0 Å². The molecule has 0 radical (unpaired) electrons. The van der Waals surface area contributed by atoms with E-state index in [9.17, 15) is 4.39 Å². The molecule has 0 unspecified atom stereocenters. The summed E-state index contributed by atoms with van der Waals surface area (Å²) in [6.07, 6.45) is 0.938. The molecule has 0 N–H and O–H groups in total. The zero-order chi connectivity index (χ0) is 10.6. The van der Waals surface area contributed by atoms with Gasteiger partial charge in [-0.15, -0.1) is 0 Å². The molecule has 0 aromatic heterocycles. The average Bonchev–Trinajstić information content (AvgIpc) is 2.14. The highest BCUT2D eigenvalue weighted by molar-refractivity contribution is 9.24. The van der Waals surface area contributed by atoms with Gasteiger partial charge in [-0.25, -0.2) is 4.39 Å². The van der Waals surface area contributed by atoms with E-state index < -0.39 is 3.49 Å². The lowest BCUT2D eigenvalue weighted by Crippen LogP contribution is -2.01. The summed E-state index contributed by atoms with van der Waals surface area (Å²) in [7, 11) is 0. The first-order chi connectivity index (χ1) is 6.54. The lowest BCUT2D eigenvalue weighted by molar-refractivity contribution is 0.316. The normalized spacial score (nSPS) is 11.4. The number of hydrogen-bond acceptors (Lipinski definition) is 1. The van der Waals surface area contributed by atoms with Crippen molar-refractivity contribution in [2.45, 2.75) is 16.8 Å². The molecule has 4 heteroatoms. The van der Waals surface area contributed by atoms with Crippen molar-refractivity contribution in [3.05, 3.63) is 29.8 Å². The molecule has 78 valence electrons. The summed E-state index contributed by atoms with van der Waals surface area (Å²) in [5.41, 5.74) is 0.492. The summed E-state index contributed by atoms with van der Waals surface area (Å²) in [5, 5.41) is 0. The van der Waals surface area contributed by atoms with Crippen LogP contribution in [0, 0.1) is 0 Å². The third-order valence-electron chi connectivity index (χ3n) is 1.63. The van der Waals surface area contributed by atoms with Crippen LogP contribution < -0.4 is 4.74 Å². The zero-order valence-electron chi connectivity index (χ0n) is 7.77. The SMILES string of the molecule is CCCOc1cccc(C(F)(Br)Br)c1. The molecule has 0 spiro atoms. The largest absolute Gasteiger partial charge is 0.494 e. The number of hydrogen-bond donors (Lipinski definition) is 0. The third-order valence-corrected chi connectivity index (χ3v) is 2.55. The Bertz CT molecular complexity index is 296. The van der Waals surface area contributed by atoms with Gasteiger partial charge in [0, 0.05) is 5.56 Å². The van der Waals surface area contributed by atoms with Crippen molar-refractivity contribution < 1.29 is 9.13 Å². The molecule has 0 fully saturated rings. The predicted molar refractivity (Wildman–Crippen MR) is 62.9 cm³/mol. The van der Waals surface area contributed by atoms with Crippen molar-refractivity contribution in [2.75, 3.05) is 6.61 Å². The van der Waals surface area contributed by atoms with Crippen LogP contribution in [-0.4, -0.2) is 6.61 Å². The van der Waals surface area contributed by atoms with Gasteiger partial charge < -0.3 is 4.74 Å². The Labute approximate surface area is 99.9 Å². The minimum absolute atomic E-state index is 0.492. The summed E-state index contributed by atoms with van der Waals surface area (Å²) in [5.74, 6) is 0.685. The first-order valence-corrected chi connectivity index (χ1v) is 5.92. The molecule has 1 aromatic carbocycles. The summed E-state index contributed by atoms with van der Waals surface area (Å²) < 4.78 is 17.1. The van der Waals surface area contributed by atoms with Crippen molar-refractivity contribution >= 4 is 31.9 Å².